The first-order valence-corrected chi connectivity index (χ1v) is 10.4. The van der Waals surface area contributed by atoms with Crippen molar-refractivity contribution in [3.05, 3.63) is 38.9 Å². The number of aromatic carboxylic acids is 1. The molecule has 0 unspecified atom stereocenters. The van der Waals surface area contributed by atoms with Crippen molar-refractivity contribution in [2.24, 2.45) is 5.41 Å². The Labute approximate surface area is 171 Å². The summed E-state index contributed by atoms with van der Waals surface area (Å²) in [5, 5.41) is 9.61. The number of carboxylic acids is 1. The van der Waals surface area contributed by atoms with Crippen LogP contribution in [0.2, 0.25) is 5.02 Å². The van der Waals surface area contributed by atoms with Crippen LogP contribution in [0, 0.1) is 11.2 Å². The minimum atomic E-state index is -1.31. The van der Waals surface area contributed by atoms with Crippen molar-refractivity contribution in [2.45, 2.75) is 38.1 Å². The predicted molar refractivity (Wildman–Crippen MR) is 108 cm³/mol. The van der Waals surface area contributed by atoms with Gasteiger partial charge in [-0.1, -0.05) is 11.6 Å². The molecule has 1 aromatic carbocycles. The third kappa shape index (κ3) is 3.02. The smallest absolute Gasteiger partial charge is 0.341 e. The van der Waals surface area contributed by atoms with E-state index in [9.17, 15) is 14.7 Å². The van der Waals surface area contributed by atoms with Crippen LogP contribution in [0.1, 0.15) is 48.5 Å². The quantitative estimate of drug-likeness (QED) is 0.817. The van der Waals surface area contributed by atoms with Crippen LogP contribution in [0.15, 0.2) is 17.1 Å². The summed E-state index contributed by atoms with van der Waals surface area (Å²) in [4.78, 5) is 26.1. The topological polar surface area (TPSA) is 71.8 Å². The number of hydrogen-bond donors (Lipinski definition) is 1. The Kier molecular flexibility index (Phi) is 4.37. The zero-order chi connectivity index (χ0) is 20.3. The lowest BCUT2D eigenvalue weighted by atomic mass is 9.78. The largest absolute Gasteiger partial charge is 0.477 e. The van der Waals surface area contributed by atoms with Gasteiger partial charge < -0.3 is 19.3 Å². The lowest BCUT2D eigenvalue weighted by Gasteiger charge is -2.40. The van der Waals surface area contributed by atoms with Gasteiger partial charge in [0.15, 0.2) is 0 Å². The molecule has 8 heteroatoms. The Balaban J connectivity index is 1.62. The summed E-state index contributed by atoms with van der Waals surface area (Å²) in [5.41, 5.74) is -0.121. The molecular formula is C21H22ClFN2O4. The maximum absolute atomic E-state index is 15.1. The molecule has 5 rings (SSSR count). The number of ether oxygens (including phenoxy) is 1. The number of rotatable bonds is 3. The highest BCUT2D eigenvalue weighted by molar-refractivity contribution is 6.38. The first-order chi connectivity index (χ1) is 13.9. The monoisotopic (exact) mass is 420 g/mol. The molecule has 1 aromatic heterocycles. The van der Waals surface area contributed by atoms with Gasteiger partial charge in [-0.3, -0.25) is 4.79 Å². The lowest BCUT2D eigenvalue weighted by Crippen LogP contribution is -2.41. The maximum atomic E-state index is 15.1. The first-order valence-electron chi connectivity index (χ1n) is 10.0. The molecule has 2 aromatic rings. The molecule has 6 nitrogen and oxygen atoms in total. The zero-order valence-electron chi connectivity index (χ0n) is 15.9. The molecule has 0 bridgehead atoms. The normalized spacial score (nSPS) is 21.2. The van der Waals surface area contributed by atoms with Crippen LogP contribution in [0.25, 0.3) is 10.9 Å². The van der Waals surface area contributed by atoms with Crippen molar-refractivity contribution in [1.82, 2.24) is 4.57 Å². The highest BCUT2D eigenvalue weighted by atomic mass is 35.5. The molecule has 2 saturated heterocycles. The number of carboxylic acid groups (broad SMARTS) is 1. The standard InChI is InChI=1S/C21H22ClFN2O4/c22-16-17-13(19(26)14(20(27)28)10-25(17)12-1-2-12)9-15(23)18(16)24-6-3-21(4-7-24)5-8-29-11-21/h9-10,12H,1-8,11H2,(H,27,28). The molecule has 1 spiro atoms. The van der Waals surface area contributed by atoms with Crippen molar-refractivity contribution in [3.8, 4) is 0 Å². The van der Waals surface area contributed by atoms with Gasteiger partial charge in [0.25, 0.3) is 0 Å². The predicted octanol–water partition coefficient (Wildman–Crippen LogP) is 3.83. The van der Waals surface area contributed by atoms with Crippen molar-refractivity contribution < 1.29 is 19.0 Å². The zero-order valence-corrected chi connectivity index (χ0v) is 16.7. The summed E-state index contributed by atoms with van der Waals surface area (Å²) >= 11 is 6.70. The molecule has 1 aliphatic carbocycles. The van der Waals surface area contributed by atoms with E-state index < -0.39 is 17.2 Å². The Morgan fingerprint density at radius 3 is 2.59 bits per heavy atom. The molecular weight excluding hydrogens is 399 g/mol. The lowest BCUT2D eigenvalue weighted by molar-refractivity contribution is 0.0695. The summed E-state index contributed by atoms with van der Waals surface area (Å²) in [6, 6.07) is 1.25. The van der Waals surface area contributed by atoms with E-state index in [1.54, 1.807) is 4.57 Å². The van der Waals surface area contributed by atoms with Gasteiger partial charge in [0, 0.05) is 31.9 Å². The molecule has 3 heterocycles. The molecule has 154 valence electrons. The van der Waals surface area contributed by atoms with Crippen molar-refractivity contribution in [3.63, 3.8) is 0 Å². The fourth-order valence-corrected chi connectivity index (χ4v) is 5.17. The van der Waals surface area contributed by atoms with Crippen LogP contribution in [-0.4, -0.2) is 41.9 Å². The second kappa shape index (κ2) is 6.71. The van der Waals surface area contributed by atoms with Gasteiger partial charge in [-0.25, -0.2) is 9.18 Å². The molecule has 1 saturated carbocycles. The van der Waals surface area contributed by atoms with Crippen LogP contribution >= 0.6 is 11.6 Å². The molecule has 29 heavy (non-hydrogen) atoms. The van der Waals surface area contributed by atoms with E-state index in [1.807, 2.05) is 4.90 Å². The minimum Gasteiger partial charge on any atom is -0.477 e. The number of halogens is 2. The summed E-state index contributed by atoms with van der Waals surface area (Å²) in [6.07, 6.45) is 5.98. The van der Waals surface area contributed by atoms with Gasteiger partial charge in [0.05, 0.1) is 28.2 Å². The third-order valence-corrected chi connectivity index (χ3v) is 7.04. The van der Waals surface area contributed by atoms with Gasteiger partial charge in [0.1, 0.15) is 11.4 Å². The van der Waals surface area contributed by atoms with E-state index in [0.717, 1.165) is 51.4 Å². The maximum Gasteiger partial charge on any atom is 0.341 e. The second-order valence-corrected chi connectivity index (χ2v) is 8.90. The number of anilines is 1. The first kappa shape index (κ1) is 18.9. The number of aromatic nitrogens is 1. The number of nitrogens with zero attached hydrogens (tertiary/aromatic N) is 2. The van der Waals surface area contributed by atoms with E-state index in [-0.39, 0.29) is 27.4 Å². The Morgan fingerprint density at radius 2 is 2.00 bits per heavy atom. The summed E-state index contributed by atoms with van der Waals surface area (Å²) < 4.78 is 22.5. The molecule has 0 atom stereocenters. The molecule has 1 N–H and O–H groups in total. The summed E-state index contributed by atoms with van der Waals surface area (Å²) in [5.74, 6) is -1.89. The molecule has 3 fully saturated rings. The van der Waals surface area contributed by atoms with Gasteiger partial charge in [-0.15, -0.1) is 0 Å². The number of pyridine rings is 1. The molecule has 0 radical (unpaired) electrons. The van der Waals surface area contributed by atoms with E-state index in [0.29, 0.717) is 24.3 Å². The van der Waals surface area contributed by atoms with E-state index in [2.05, 4.69) is 0 Å². The van der Waals surface area contributed by atoms with Crippen LogP contribution in [-0.2, 0) is 4.74 Å². The van der Waals surface area contributed by atoms with E-state index in [1.165, 1.54) is 6.20 Å². The van der Waals surface area contributed by atoms with Crippen LogP contribution in [0.5, 0.6) is 0 Å². The number of benzene rings is 1. The van der Waals surface area contributed by atoms with E-state index in [4.69, 9.17) is 16.3 Å². The highest BCUT2D eigenvalue weighted by Crippen LogP contribution is 2.45. The molecule has 2 aliphatic heterocycles. The number of hydrogen-bond acceptors (Lipinski definition) is 4. The van der Waals surface area contributed by atoms with Crippen molar-refractivity contribution in [2.75, 3.05) is 31.2 Å². The van der Waals surface area contributed by atoms with Crippen molar-refractivity contribution >= 4 is 34.2 Å². The second-order valence-electron chi connectivity index (χ2n) is 8.52. The minimum absolute atomic E-state index is 0.0284. The fraction of sp³-hybridized carbons (Fsp3) is 0.524. The SMILES string of the molecule is O=C(O)c1cn(C2CC2)c2c(Cl)c(N3CCC4(CCOC4)CC3)c(F)cc2c1=O. The Morgan fingerprint density at radius 1 is 1.28 bits per heavy atom. The Hall–Kier alpha value is -2.12. The summed E-state index contributed by atoms with van der Waals surface area (Å²) in [7, 11) is 0. The van der Waals surface area contributed by atoms with Crippen LogP contribution in [0.3, 0.4) is 0 Å². The van der Waals surface area contributed by atoms with Gasteiger partial charge in [0.2, 0.25) is 5.43 Å². The van der Waals surface area contributed by atoms with E-state index >= 15 is 4.39 Å². The third-order valence-electron chi connectivity index (χ3n) is 6.68. The van der Waals surface area contributed by atoms with Crippen LogP contribution in [0.4, 0.5) is 10.1 Å². The van der Waals surface area contributed by atoms with Gasteiger partial charge >= 0.3 is 5.97 Å². The van der Waals surface area contributed by atoms with Crippen molar-refractivity contribution in [1.29, 1.82) is 0 Å². The number of piperidine rings is 1. The van der Waals surface area contributed by atoms with Gasteiger partial charge in [-0.2, -0.15) is 0 Å². The average Bonchev–Trinajstić information content (AvgIpc) is 3.44. The molecule has 3 aliphatic rings. The number of fused-ring (bicyclic) bond motifs is 1. The Bertz CT molecular complexity index is 1060. The fourth-order valence-electron chi connectivity index (χ4n) is 4.76. The summed E-state index contributed by atoms with van der Waals surface area (Å²) in [6.45, 7) is 2.89. The van der Waals surface area contributed by atoms with Gasteiger partial charge in [-0.05, 0) is 43.6 Å². The molecule has 0 amide bonds. The van der Waals surface area contributed by atoms with Crippen LogP contribution < -0.4 is 10.3 Å². The number of carbonyl (C=O) groups is 1. The average molecular weight is 421 g/mol. The highest BCUT2D eigenvalue weighted by Gasteiger charge is 2.39.